The monoisotopic (exact) mass is 396 g/mol. The molecule has 1 atom stereocenters. The van der Waals surface area contributed by atoms with E-state index in [0.29, 0.717) is 43.6 Å². The molecule has 5 nitrogen and oxygen atoms in total. The first-order valence-corrected chi connectivity index (χ1v) is 10.8. The minimum atomic E-state index is -0.404. The summed E-state index contributed by atoms with van der Waals surface area (Å²) in [4.78, 5) is 31.0. The van der Waals surface area contributed by atoms with Crippen LogP contribution in [0.5, 0.6) is 0 Å². The molecule has 0 fully saturated rings. The van der Waals surface area contributed by atoms with Crippen LogP contribution in [0.1, 0.15) is 83.2 Å². The Kier molecular flexibility index (Phi) is 9.43. The summed E-state index contributed by atoms with van der Waals surface area (Å²) in [7, 11) is 0. The van der Waals surface area contributed by atoms with Gasteiger partial charge < -0.3 is 9.64 Å². The van der Waals surface area contributed by atoms with Crippen LogP contribution < -0.4 is 0 Å². The predicted molar refractivity (Wildman–Crippen MR) is 111 cm³/mol. The normalized spacial score (nSPS) is 12.9. The summed E-state index contributed by atoms with van der Waals surface area (Å²) < 4.78 is 5.00. The standard InChI is InChI=1S/C21H36N2O3S/c1-8-26-20(25)17-14-27-18(22-17)13-23(10-9-15(2)3)19(24)11-16(4)12-21(5,6)7/h14-16H,8-13H2,1-7H3. The van der Waals surface area contributed by atoms with Crippen molar-refractivity contribution in [3.63, 3.8) is 0 Å². The van der Waals surface area contributed by atoms with E-state index in [9.17, 15) is 9.59 Å². The highest BCUT2D eigenvalue weighted by molar-refractivity contribution is 7.09. The van der Waals surface area contributed by atoms with E-state index in [1.807, 2.05) is 4.90 Å². The fourth-order valence-electron chi connectivity index (χ4n) is 3.10. The number of rotatable bonds is 10. The Balaban J connectivity index is 2.78. The molecule has 1 heterocycles. The second kappa shape index (κ2) is 10.8. The molecule has 0 saturated heterocycles. The van der Waals surface area contributed by atoms with Gasteiger partial charge in [0.25, 0.3) is 0 Å². The lowest BCUT2D eigenvalue weighted by Gasteiger charge is -2.27. The zero-order chi connectivity index (χ0) is 20.6. The van der Waals surface area contributed by atoms with Gasteiger partial charge in [-0.3, -0.25) is 4.79 Å². The quantitative estimate of drug-likeness (QED) is 0.513. The summed E-state index contributed by atoms with van der Waals surface area (Å²) in [5, 5.41) is 2.49. The van der Waals surface area contributed by atoms with Gasteiger partial charge in [0.15, 0.2) is 5.69 Å². The average molecular weight is 397 g/mol. The molecule has 6 heteroatoms. The fourth-order valence-corrected chi connectivity index (χ4v) is 3.87. The Morgan fingerprint density at radius 3 is 2.48 bits per heavy atom. The van der Waals surface area contributed by atoms with E-state index in [-0.39, 0.29) is 11.3 Å². The lowest BCUT2D eigenvalue weighted by atomic mass is 9.84. The van der Waals surface area contributed by atoms with E-state index < -0.39 is 5.97 Å². The molecule has 154 valence electrons. The van der Waals surface area contributed by atoms with Crippen molar-refractivity contribution < 1.29 is 14.3 Å². The van der Waals surface area contributed by atoms with Gasteiger partial charge in [-0.2, -0.15) is 0 Å². The van der Waals surface area contributed by atoms with Crippen molar-refractivity contribution in [1.29, 1.82) is 0 Å². The molecule has 27 heavy (non-hydrogen) atoms. The van der Waals surface area contributed by atoms with E-state index >= 15 is 0 Å². The molecular formula is C21H36N2O3S. The fraction of sp³-hybridized carbons (Fsp3) is 0.762. The minimum Gasteiger partial charge on any atom is -0.461 e. The van der Waals surface area contributed by atoms with Crippen molar-refractivity contribution in [2.75, 3.05) is 13.2 Å². The van der Waals surface area contributed by atoms with Gasteiger partial charge in [-0.05, 0) is 37.0 Å². The maximum Gasteiger partial charge on any atom is 0.357 e. The predicted octanol–water partition coefficient (Wildman–Crippen LogP) is 5.16. The van der Waals surface area contributed by atoms with Gasteiger partial charge in [0.05, 0.1) is 13.2 Å². The van der Waals surface area contributed by atoms with E-state index in [4.69, 9.17) is 4.74 Å². The number of thiazole rings is 1. The average Bonchev–Trinajstić information content (AvgIpc) is 2.98. The zero-order valence-electron chi connectivity index (χ0n) is 18.0. The van der Waals surface area contributed by atoms with Crippen molar-refractivity contribution in [3.05, 3.63) is 16.1 Å². The highest BCUT2D eigenvalue weighted by atomic mass is 32.1. The Morgan fingerprint density at radius 2 is 1.93 bits per heavy atom. The lowest BCUT2D eigenvalue weighted by Crippen LogP contribution is -2.33. The van der Waals surface area contributed by atoms with Crippen LogP contribution in [0.15, 0.2) is 5.38 Å². The van der Waals surface area contributed by atoms with Crippen LogP contribution in [0.4, 0.5) is 0 Å². The van der Waals surface area contributed by atoms with Gasteiger partial charge in [-0.15, -0.1) is 11.3 Å². The van der Waals surface area contributed by atoms with Crippen LogP contribution >= 0.6 is 11.3 Å². The number of amides is 1. The van der Waals surface area contributed by atoms with Crippen molar-refractivity contribution in [1.82, 2.24) is 9.88 Å². The highest BCUT2D eigenvalue weighted by Crippen LogP contribution is 2.27. The third-order valence-corrected chi connectivity index (χ3v) is 5.01. The molecule has 0 bridgehead atoms. The molecule has 0 aliphatic heterocycles. The molecule has 1 unspecified atom stereocenters. The Bertz CT molecular complexity index is 605. The van der Waals surface area contributed by atoms with Crippen LogP contribution in [0, 0.1) is 17.3 Å². The van der Waals surface area contributed by atoms with Gasteiger partial charge >= 0.3 is 5.97 Å². The summed E-state index contributed by atoms with van der Waals surface area (Å²) in [6.07, 6.45) is 2.52. The molecule has 0 N–H and O–H groups in total. The second-order valence-electron chi connectivity index (χ2n) is 8.92. The summed E-state index contributed by atoms with van der Waals surface area (Å²) in [6, 6.07) is 0. The summed E-state index contributed by atoms with van der Waals surface area (Å²) in [5.41, 5.74) is 0.543. The van der Waals surface area contributed by atoms with Crippen LogP contribution in [0.2, 0.25) is 0 Å². The van der Waals surface area contributed by atoms with Crippen molar-refractivity contribution in [2.24, 2.45) is 17.3 Å². The highest BCUT2D eigenvalue weighted by Gasteiger charge is 2.22. The first-order chi connectivity index (χ1) is 12.5. The minimum absolute atomic E-state index is 0.167. The largest absolute Gasteiger partial charge is 0.461 e. The van der Waals surface area contributed by atoms with E-state index in [1.165, 1.54) is 11.3 Å². The maximum absolute atomic E-state index is 12.9. The summed E-state index contributed by atoms with van der Waals surface area (Å²) >= 11 is 1.41. The first-order valence-electron chi connectivity index (χ1n) is 9.91. The first kappa shape index (κ1) is 23.6. The third kappa shape index (κ3) is 9.36. The van der Waals surface area contributed by atoms with Gasteiger partial charge in [0, 0.05) is 18.3 Å². The molecule has 1 rings (SSSR count). The van der Waals surface area contributed by atoms with Crippen LogP contribution in [-0.2, 0) is 16.1 Å². The molecule has 0 saturated carbocycles. The molecule has 1 amide bonds. The molecule has 1 aromatic heterocycles. The molecule has 1 aromatic rings. The molecular weight excluding hydrogens is 360 g/mol. The SMILES string of the molecule is CCOC(=O)c1csc(CN(CCC(C)C)C(=O)CC(C)CC(C)(C)C)n1. The number of nitrogens with zero attached hydrogens (tertiary/aromatic N) is 2. The summed E-state index contributed by atoms with van der Waals surface area (Å²) in [6.45, 7) is 16.4. The van der Waals surface area contributed by atoms with Crippen molar-refractivity contribution in [3.8, 4) is 0 Å². The Hall–Kier alpha value is -1.43. The van der Waals surface area contributed by atoms with Gasteiger partial charge in [-0.1, -0.05) is 41.5 Å². The number of esters is 1. The van der Waals surface area contributed by atoms with E-state index in [0.717, 1.165) is 17.8 Å². The lowest BCUT2D eigenvalue weighted by molar-refractivity contribution is -0.133. The van der Waals surface area contributed by atoms with Gasteiger partial charge in [0.2, 0.25) is 5.91 Å². The molecule has 0 aliphatic rings. The van der Waals surface area contributed by atoms with Crippen LogP contribution in [0.25, 0.3) is 0 Å². The number of aromatic nitrogens is 1. The number of carbonyl (C=O) groups is 2. The van der Waals surface area contributed by atoms with Gasteiger partial charge in [-0.25, -0.2) is 9.78 Å². The van der Waals surface area contributed by atoms with Crippen molar-refractivity contribution >= 4 is 23.2 Å². The van der Waals surface area contributed by atoms with Crippen molar-refractivity contribution in [2.45, 2.75) is 74.3 Å². The van der Waals surface area contributed by atoms with E-state index in [1.54, 1.807) is 12.3 Å². The number of hydrogen-bond donors (Lipinski definition) is 0. The Morgan fingerprint density at radius 1 is 1.26 bits per heavy atom. The Labute approximate surface area is 168 Å². The number of hydrogen-bond acceptors (Lipinski definition) is 5. The van der Waals surface area contributed by atoms with Gasteiger partial charge in [0.1, 0.15) is 5.01 Å². The summed E-state index contributed by atoms with van der Waals surface area (Å²) in [5.74, 6) is 0.628. The topological polar surface area (TPSA) is 59.5 Å². The second-order valence-corrected chi connectivity index (χ2v) is 9.86. The number of ether oxygens (including phenoxy) is 1. The van der Waals surface area contributed by atoms with Crippen LogP contribution in [0.3, 0.4) is 0 Å². The smallest absolute Gasteiger partial charge is 0.357 e. The van der Waals surface area contributed by atoms with Crippen LogP contribution in [-0.4, -0.2) is 34.9 Å². The maximum atomic E-state index is 12.9. The zero-order valence-corrected chi connectivity index (χ0v) is 18.8. The molecule has 0 aromatic carbocycles. The third-order valence-electron chi connectivity index (χ3n) is 4.18. The molecule has 0 spiro atoms. The molecule has 0 aliphatic carbocycles. The molecule has 0 radical (unpaired) electrons. The number of carbonyl (C=O) groups excluding carboxylic acids is 2. The van der Waals surface area contributed by atoms with E-state index in [2.05, 4.69) is 46.5 Å².